The molecule has 6 nitrogen and oxygen atoms in total. The smallest absolute Gasteiger partial charge is 0.467 e. The van der Waals surface area contributed by atoms with E-state index in [0.29, 0.717) is 0 Å². The number of methoxy groups -OCH3 is 1. The van der Waals surface area contributed by atoms with Crippen LogP contribution in [-0.4, -0.2) is 54.6 Å². The highest BCUT2D eigenvalue weighted by molar-refractivity contribution is 5.93. The summed E-state index contributed by atoms with van der Waals surface area (Å²) in [5.74, 6) is -3.49. The first-order chi connectivity index (χ1) is 11.6. The average Bonchev–Trinajstić information content (AvgIpc) is 2.85. The Morgan fingerprint density at radius 3 is 2.15 bits per heavy atom. The molecule has 2 rings (SSSR count). The number of hydrogen-bond donors (Lipinski definition) is 1. The van der Waals surface area contributed by atoms with Gasteiger partial charge in [0.15, 0.2) is 0 Å². The molecule has 0 spiro atoms. The first-order valence-electron chi connectivity index (χ1n) is 8.40. The number of hydrogen-bond acceptors (Lipinski definition) is 4. The molecule has 1 heterocycles. The van der Waals surface area contributed by atoms with E-state index in [1.807, 2.05) is 13.8 Å². The number of rotatable bonds is 3. The number of amides is 2. The Balaban J connectivity index is 2.28. The van der Waals surface area contributed by atoms with Gasteiger partial charge in [0.25, 0.3) is 0 Å². The molecule has 2 amide bonds. The van der Waals surface area contributed by atoms with Crippen molar-refractivity contribution in [3.05, 3.63) is 0 Å². The molecule has 1 aliphatic carbocycles. The summed E-state index contributed by atoms with van der Waals surface area (Å²) in [6.07, 6.45) is -5.10. The molecule has 1 unspecified atom stereocenters. The van der Waals surface area contributed by atoms with Crippen LogP contribution in [0.5, 0.6) is 0 Å². The number of nitrogens with zero attached hydrogens (tertiary/aromatic N) is 1. The quantitative estimate of drug-likeness (QED) is 0.759. The van der Waals surface area contributed by atoms with Gasteiger partial charge in [-0.2, -0.15) is 13.2 Å². The Labute approximate surface area is 150 Å². The summed E-state index contributed by atoms with van der Waals surface area (Å²) in [7, 11) is 1.21. The van der Waals surface area contributed by atoms with Crippen LogP contribution < -0.4 is 5.32 Å². The zero-order chi connectivity index (χ0) is 20.2. The maximum atomic E-state index is 13.0. The fourth-order valence-electron chi connectivity index (χ4n) is 3.93. The predicted molar refractivity (Wildman–Crippen MR) is 85.7 cm³/mol. The summed E-state index contributed by atoms with van der Waals surface area (Å²) < 4.78 is 42.8. The largest absolute Gasteiger partial charge is 0.471 e. The molecule has 2 fully saturated rings. The average molecular weight is 378 g/mol. The van der Waals surface area contributed by atoms with Gasteiger partial charge in [-0.05, 0) is 16.7 Å². The molecule has 2 aliphatic rings. The van der Waals surface area contributed by atoms with Gasteiger partial charge in [0.2, 0.25) is 5.91 Å². The zero-order valence-corrected chi connectivity index (χ0v) is 15.7. The van der Waals surface area contributed by atoms with Crippen LogP contribution in [0.4, 0.5) is 13.2 Å². The van der Waals surface area contributed by atoms with Crippen molar-refractivity contribution in [2.24, 2.45) is 22.7 Å². The molecule has 148 valence electrons. The fraction of sp³-hybridized carbons (Fsp3) is 0.824. The summed E-state index contributed by atoms with van der Waals surface area (Å²) in [5, 5.41) is 1.79. The topological polar surface area (TPSA) is 75.7 Å². The number of fused-ring (bicyclic) bond motifs is 1. The van der Waals surface area contributed by atoms with Crippen molar-refractivity contribution in [1.29, 1.82) is 0 Å². The molecule has 1 N–H and O–H groups in total. The molecule has 9 heteroatoms. The summed E-state index contributed by atoms with van der Waals surface area (Å²) in [6.45, 7) is 8.88. The number of ether oxygens (including phenoxy) is 1. The SMILES string of the molecule is COC(=O)C1[C@@H]2[C@H](CN1C(=O)[C@@H](NC(=O)C(F)(F)F)C(C)(C)C)C2(C)C. The Morgan fingerprint density at radius 2 is 1.73 bits per heavy atom. The van der Waals surface area contributed by atoms with E-state index in [1.54, 1.807) is 26.1 Å². The van der Waals surface area contributed by atoms with Gasteiger partial charge in [0, 0.05) is 12.5 Å². The van der Waals surface area contributed by atoms with Gasteiger partial charge < -0.3 is 15.0 Å². The molecule has 0 radical (unpaired) electrons. The van der Waals surface area contributed by atoms with Crippen molar-refractivity contribution in [3.63, 3.8) is 0 Å². The first-order valence-corrected chi connectivity index (χ1v) is 8.40. The third-order valence-corrected chi connectivity index (χ3v) is 5.58. The molecule has 1 aliphatic heterocycles. The van der Waals surface area contributed by atoms with Gasteiger partial charge in [0.1, 0.15) is 12.1 Å². The van der Waals surface area contributed by atoms with Crippen LogP contribution in [-0.2, 0) is 19.1 Å². The summed E-state index contributed by atoms with van der Waals surface area (Å²) in [5.41, 5.74) is -1.11. The zero-order valence-electron chi connectivity index (χ0n) is 15.7. The van der Waals surface area contributed by atoms with Crippen molar-refractivity contribution < 1.29 is 32.3 Å². The van der Waals surface area contributed by atoms with E-state index in [-0.39, 0.29) is 23.8 Å². The van der Waals surface area contributed by atoms with E-state index in [9.17, 15) is 27.6 Å². The van der Waals surface area contributed by atoms with E-state index in [2.05, 4.69) is 0 Å². The molecule has 4 atom stereocenters. The standard InChI is InChI=1S/C17H25F3N2O4/c1-15(2,3)11(21-14(25)17(18,19)20)12(23)22-7-8-9(16(8,4)5)10(22)13(24)26-6/h8-11H,7H2,1-6H3,(H,21,25)/t8-,9-,10?,11+/m0/s1. The van der Waals surface area contributed by atoms with Crippen molar-refractivity contribution >= 4 is 17.8 Å². The normalized spacial score (nSPS) is 28.2. The molecule has 0 aromatic carbocycles. The van der Waals surface area contributed by atoms with Gasteiger partial charge in [-0.15, -0.1) is 0 Å². The number of likely N-dealkylation sites (tertiary alicyclic amines) is 1. The monoisotopic (exact) mass is 378 g/mol. The highest BCUT2D eigenvalue weighted by atomic mass is 19.4. The number of carbonyl (C=O) groups excluding carboxylic acids is 3. The van der Waals surface area contributed by atoms with Crippen molar-refractivity contribution in [2.75, 3.05) is 13.7 Å². The molecule has 0 aromatic rings. The highest BCUT2D eigenvalue weighted by Gasteiger charge is 2.70. The molecular weight excluding hydrogens is 353 g/mol. The number of nitrogens with one attached hydrogen (secondary N) is 1. The van der Waals surface area contributed by atoms with E-state index in [1.165, 1.54) is 12.0 Å². The fourth-order valence-corrected chi connectivity index (χ4v) is 3.93. The second-order valence-electron chi connectivity index (χ2n) is 8.68. The van der Waals surface area contributed by atoms with Crippen LogP contribution in [0.3, 0.4) is 0 Å². The van der Waals surface area contributed by atoms with Crippen LogP contribution >= 0.6 is 0 Å². The molecule has 1 saturated heterocycles. The minimum Gasteiger partial charge on any atom is -0.467 e. The van der Waals surface area contributed by atoms with Crippen LogP contribution in [0.15, 0.2) is 0 Å². The van der Waals surface area contributed by atoms with Gasteiger partial charge in [0.05, 0.1) is 7.11 Å². The molecule has 26 heavy (non-hydrogen) atoms. The Kier molecular flexibility index (Phi) is 4.83. The minimum absolute atomic E-state index is 0.0782. The number of piperidine rings is 1. The molecule has 0 bridgehead atoms. The highest BCUT2D eigenvalue weighted by Crippen LogP contribution is 2.65. The molecular formula is C17H25F3N2O4. The van der Waals surface area contributed by atoms with Crippen LogP contribution in [0, 0.1) is 22.7 Å². The predicted octanol–water partition coefficient (Wildman–Crippen LogP) is 1.74. The van der Waals surface area contributed by atoms with Gasteiger partial charge in [-0.1, -0.05) is 34.6 Å². The van der Waals surface area contributed by atoms with Gasteiger partial charge >= 0.3 is 18.1 Å². The maximum Gasteiger partial charge on any atom is 0.471 e. The summed E-state index contributed by atoms with van der Waals surface area (Å²) in [6, 6.07) is -2.26. The molecule has 1 saturated carbocycles. The second kappa shape index (κ2) is 6.13. The maximum absolute atomic E-state index is 13.0. The van der Waals surface area contributed by atoms with Crippen LogP contribution in [0.25, 0.3) is 0 Å². The number of esters is 1. The van der Waals surface area contributed by atoms with Crippen molar-refractivity contribution in [3.8, 4) is 0 Å². The van der Waals surface area contributed by atoms with E-state index >= 15 is 0 Å². The lowest BCUT2D eigenvalue weighted by Gasteiger charge is -2.37. The Bertz CT molecular complexity index is 624. The lowest BCUT2D eigenvalue weighted by Crippen LogP contribution is -2.59. The third kappa shape index (κ3) is 3.40. The van der Waals surface area contributed by atoms with Gasteiger partial charge in [-0.25, -0.2) is 4.79 Å². The van der Waals surface area contributed by atoms with E-state index in [0.717, 1.165) is 0 Å². The van der Waals surface area contributed by atoms with E-state index in [4.69, 9.17) is 4.74 Å². The first kappa shape index (κ1) is 20.5. The second-order valence-corrected chi connectivity index (χ2v) is 8.68. The summed E-state index contributed by atoms with van der Waals surface area (Å²) >= 11 is 0. The third-order valence-electron chi connectivity index (χ3n) is 5.58. The number of halogens is 3. The van der Waals surface area contributed by atoms with Crippen LogP contribution in [0.1, 0.15) is 34.6 Å². The molecule has 0 aromatic heterocycles. The minimum atomic E-state index is -5.10. The lowest BCUT2D eigenvalue weighted by molar-refractivity contribution is -0.176. The van der Waals surface area contributed by atoms with E-state index < -0.39 is 41.5 Å². The van der Waals surface area contributed by atoms with Crippen molar-refractivity contribution in [2.45, 2.75) is 52.9 Å². The lowest BCUT2D eigenvalue weighted by atomic mass is 9.85. The number of alkyl halides is 3. The van der Waals surface area contributed by atoms with Crippen molar-refractivity contribution in [1.82, 2.24) is 10.2 Å². The summed E-state index contributed by atoms with van der Waals surface area (Å²) in [4.78, 5) is 37.9. The number of carbonyl (C=O) groups is 3. The van der Waals surface area contributed by atoms with Gasteiger partial charge in [-0.3, -0.25) is 9.59 Å². The Hall–Kier alpha value is -1.80. The van der Waals surface area contributed by atoms with Crippen LogP contribution in [0.2, 0.25) is 0 Å². The Morgan fingerprint density at radius 1 is 1.19 bits per heavy atom.